The first-order valence-corrected chi connectivity index (χ1v) is 8.28. The largest absolute Gasteiger partial charge is 0.383 e. The summed E-state index contributed by atoms with van der Waals surface area (Å²) in [6.45, 7) is 0. The fourth-order valence-corrected chi connectivity index (χ4v) is 4.80. The highest BCUT2D eigenvalue weighted by Gasteiger charge is 2.18. The summed E-state index contributed by atoms with van der Waals surface area (Å²) in [5.74, 6) is 0. The molecule has 20 heavy (non-hydrogen) atoms. The molecule has 0 saturated heterocycles. The van der Waals surface area contributed by atoms with E-state index in [1.807, 2.05) is 42.6 Å². The highest BCUT2D eigenvalue weighted by Crippen LogP contribution is 2.37. The molecule has 102 valence electrons. The summed E-state index contributed by atoms with van der Waals surface area (Å²) >= 11 is 8.43. The van der Waals surface area contributed by atoms with Crippen molar-refractivity contribution in [2.75, 3.05) is 0 Å². The Labute approximate surface area is 137 Å². The van der Waals surface area contributed by atoms with E-state index in [1.165, 1.54) is 0 Å². The molecule has 0 aliphatic heterocycles. The van der Waals surface area contributed by atoms with Crippen molar-refractivity contribution in [2.45, 2.75) is 6.10 Å². The molecule has 1 atom stereocenters. The molecule has 0 fully saturated rings. The quantitative estimate of drug-likeness (QED) is 0.684. The van der Waals surface area contributed by atoms with Gasteiger partial charge in [-0.2, -0.15) is 5.10 Å². The third-order valence-corrected chi connectivity index (χ3v) is 5.30. The first kappa shape index (κ1) is 14.0. The third kappa shape index (κ3) is 2.74. The van der Waals surface area contributed by atoms with Gasteiger partial charge in [0.15, 0.2) is 0 Å². The fraction of sp³-hybridized carbons (Fsp3) is 0.0714. The highest BCUT2D eigenvalue weighted by molar-refractivity contribution is 9.12. The molecule has 1 unspecified atom stereocenters. The molecule has 1 N–H and O–H groups in total. The minimum absolute atomic E-state index is 0.690. The van der Waals surface area contributed by atoms with Gasteiger partial charge in [-0.15, -0.1) is 11.3 Å². The number of para-hydroxylation sites is 1. The van der Waals surface area contributed by atoms with Crippen molar-refractivity contribution in [3.63, 3.8) is 0 Å². The van der Waals surface area contributed by atoms with Gasteiger partial charge in [0.25, 0.3) is 0 Å². The van der Waals surface area contributed by atoms with Crippen molar-refractivity contribution in [1.82, 2.24) is 9.78 Å². The number of aliphatic hydroxyl groups is 1. The summed E-state index contributed by atoms with van der Waals surface area (Å²) in [6, 6.07) is 11.7. The van der Waals surface area contributed by atoms with Gasteiger partial charge in [-0.1, -0.05) is 18.2 Å². The van der Waals surface area contributed by atoms with E-state index >= 15 is 0 Å². The van der Waals surface area contributed by atoms with Crippen LogP contribution < -0.4 is 0 Å². The molecule has 3 nitrogen and oxygen atoms in total. The van der Waals surface area contributed by atoms with E-state index in [0.717, 1.165) is 24.4 Å². The molecular formula is C14H10Br2N2OS. The van der Waals surface area contributed by atoms with Gasteiger partial charge in [0, 0.05) is 17.3 Å². The van der Waals surface area contributed by atoms with Crippen LogP contribution in [-0.4, -0.2) is 14.9 Å². The summed E-state index contributed by atoms with van der Waals surface area (Å²) in [6.07, 6.45) is 2.85. The Balaban J connectivity index is 1.92. The van der Waals surface area contributed by atoms with E-state index < -0.39 is 6.10 Å². The topological polar surface area (TPSA) is 38.1 Å². The summed E-state index contributed by atoms with van der Waals surface area (Å²) in [5.41, 5.74) is 2.57. The Morgan fingerprint density at radius 2 is 1.95 bits per heavy atom. The second kappa shape index (κ2) is 5.81. The first-order valence-electron chi connectivity index (χ1n) is 5.88. The lowest BCUT2D eigenvalue weighted by Crippen LogP contribution is -1.97. The van der Waals surface area contributed by atoms with Crippen molar-refractivity contribution in [3.8, 4) is 5.69 Å². The standard InChI is InChI=1S/C14H10Br2N2OS/c15-12-6-11(14(16)20-12)13(19)9-7-17-18(8-9)10-4-2-1-3-5-10/h1-8,13,19H. The van der Waals surface area contributed by atoms with E-state index in [2.05, 4.69) is 37.0 Å². The molecule has 0 aliphatic carbocycles. The molecule has 0 spiro atoms. The summed E-state index contributed by atoms with van der Waals surface area (Å²) in [7, 11) is 0. The number of hydrogen-bond acceptors (Lipinski definition) is 3. The van der Waals surface area contributed by atoms with Gasteiger partial charge >= 0.3 is 0 Å². The van der Waals surface area contributed by atoms with Crippen LogP contribution in [-0.2, 0) is 0 Å². The number of benzene rings is 1. The van der Waals surface area contributed by atoms with Crippen LogP contribution in [0.5, 0.6) is 0 Å². The maximum Gasteiger partial charge on any atom is 0.109 e. The van der Waals surface area contributed by atoms with Gasteiger partial charge in [0.2, 0.25) is 0 Å². The van der Waals surface area contributed by atoms with E-state index in [-0.39, 0.29) is 0 Å². The van der Waals surface area contributed by atoms with E-state index in [1.54, 1.807) is 22.2 Å². The number of hydrogen-bond donors (Lipinski definition) is 1. The zero-order chi connectivity index (χ0) is 14.1. The maximum absolute atomic E-state index is 10.4. The van der Waals surface area contributed by atoms with Gasteiger partial charge < -0.3 is 5.11 Å². The highest BCUT2D eigenvalue weighted by atomic mass is 79.9. The molecule has 3 aromatic rings. The van der Waals surface area contributed by atoms with Crippen LogP contribution in [0.3, 0.4) is 0 Å². The number of nitrogens with zero attached hydrogens (tertiary/aromatic N) is 2. The zero-order valence-corrected chi connectivity index (χ0v) is 14.2. The van der Waals surface area contributed by atoms with E-state index in [4.69, 9.17) is 0 Å². The summed E-state index contributed by atoms with van der Waals surface area (Å²) < 4.78 is 3.66. The van der Waals surface area contributed by atoms with Gasteiger partial charge in [0.05, 0.1) is 19.5 Å². The van der Waals surface area contributed by atoms with Gasteiger partial charge in [-0.3, -0.25) is 0 Å². The molecule has 0 radical (unpaired) electrons. The number of aromatic nitrogens is 2. The lowest BCUT2D eigenvalue weighted by atomic mass is 10.1. The van der Waals surface area contributed by atoms with Crippen LogP contribution in [0.4, 0.5) is 0 Å². The molecular weight excluding hydrogens is 404 g/mol. The van der Waals surface area contributed by atoms with Crippen LogP contribution in [0.15, 0.2) is 56.4 Å². The van der Waals surface area contributed by atoms with Crippen LogP contribution in [0.2, 0.25) is 0 Å². The fourth-order valence-electron chi connectivity index (χ4n) is 1.92. The van der Waals surface area contributed by atoms with Crippen molar-refractivity contribution < 1.29 is 5.11 Å². The van der Waals surface area contributed by atoms with Crippen LogP contribution >= 0.6 is 43.2 Å². The predicted molar refractivity (Wildman–Crippen MR) is 87.3 cm³/mol. The van der Waals surface area contributed by atoms with Gasteiger partial charge in [-0.25, -0.2) is 4.68 Å². The molecule has 0 aliphatic rings. The molecule has 0 bridgehead atoms. The first-order chi connectivity index (χ1) is 9.65. The second-order valence-electron chi connectivity index (χ2n) is 4.24. The van der Waals surface area contributed by atoms with Crippen molar-refractivity contribution in [2.24, 2.45) is 0 Å². The number of aliphatic hydroxyl groups excluding tert-OH is 1. The zero-order valence-electron chi connectivity index (χ0n) is 10.2. The average Bonchev–Trinajstić information content (AvgIpc) is 3.06. The Morgan fingerprint density at radius 1 is 1.20 bits per heavy atom. The van der Waals surface area contributed by atoms with Crippen LogP contribution in [0.25, 0.3) is 5.69 Å². The number of halogens is 2. The average molecular weight is 414 g/mol. The normalized spacial score (nSPS) is 12.6. The molecule has 6 heteroatoms. The van der Waals surface area contributed by atoms with Crippen molar-refractivity contribution in [1.29, 1.82) is 0 Å². The molecule has 1 aromatic carbocycles. The monoisotopic (exact) mass is 412 g/mol. The smallest absolute Gasteiger partial charge is 0.109 e. The van der Waals surface area contributed by atoms with Crippen LogP contribution in [0, 0.1) is 0 Å². The summed E-state index contributed by atoms with van der Waals surface area (Å²) in [5, 5.41) is 14.8. The third-order valence-electron chi connectivity index (χ3n) is 2.92. The molecule has 3 rings (SSSR count). The van der Waals surface area contributed by atoms with Gasteiger partial charge in [-0.05, 0) is 50.1 Å². The second-order valence-corrected chi connectivity index (χ2v) is 7.99. The Kier molecular flexibility index (Phi) is 4.07. The molecule has 0 saturated carbocycles. The van der Waals surface area contributed by atoms with Crippen molar-refractivity contribution in [3.05, 3.63) is 67.5 Å². The lowest BCUT2D eigenvalue weighted by Gasteiger charge is -2.06. The minimum Gasteiger partial charge on any atom is -0.383 e. The maximum atomic E-state index is 10.4. The van der Waals surface area contributed by atoms with E-state index in [0.29, 0.717) is 0 Å². The van der Waals surface area contributed by atoms with E-state index in [9.17, 15) is 5.11 Å². The predicted octanol–water partition coefficient (Wildman–Crippen LogP) is 4.54. The SMILES string of the molecule is OC(c1cnn(-c2ccccc2)c1)c1cc(Br)sc1Br. The molecule has 2 heterocycles. The Hall–Kier alpha value is -0.950. The Morgan fingerprint density at radius 3 is 2.60 bits per heavy atom. The molecule has 2 aromatic heterocycles. The van der Waals surface area contributed by atoms with Crippen molar-refractivity contribution >= 4 is 43.2 Å². The minimum atomic E-state index is -0.690. The van der Waals surface area contributed by atoms with Gasteiger partial charge in [0.1, 0.15) is 6.10 Å². The number of thiophene rings is 1. The summed E-state index contributed by atoms with van der Waals surface area (Å²) in [4.78, 5) is 0. The Bertz CT molecular complexity index is 724. The van der Waals surface area contributed by atoms with Crippen LogP contribution in [0.1, 0.15) is 17.2 Å². The lowest BCUT2D eigenvalue weighted by molar-refractivity contribution is 0.220. The molecule has 0 amide bonds. The number of rotatable bonds is 3.